The summed E-state index contributed by atoms with van der Waals surface area (Å²) in [4.78, 5) is 2.62. The molecule has 2 rings (SSSR count). The molecule has 1 aromatic rings. The zero-order valence-electron chi connectivity index (χ0n) is 12.4. The van der Waals surface area contributed by atoms with E-state index in [2.05, 4.69) is 67.9 Å². The first-order chi connectivity index (χ1) is 9.03. The second-order valence-electron chi connectivity index (χ2n) is 6.24. The van der Waals surface area contributed by atoms with Crippen LogP contribution < -0.4 is 5.32 Å². The molecule has 2 nitrogen and oxygen atoms in total. The molecule has 0 bridgehead atoms. The van der Waals surface area contributed by atoms with Crippen LogP contribution in [0, 0.1) is 0 Å². The lowest BCUT2D eigenvalue weighted by Gasteiger charge is -2.47. The summed E-state index contributed by atoms with van der Waals surface area (Å²) in [6, 6.07) is 11.8. The molecule has 2 heteroatoms. The largest absolute Gasteiger partial charge is 0.309 e. The van der Waals surface area contributed by atoms with Gasteiger partial charge < -0.3 is 5.32 Å². The van der Waals surface area contributed by atoms with Gasteiger partial charge >= 0.3 is 0 Å². The van der Waals surface area contributed by atoms with E-state index in [1.807, 2.05) is 6.08 Å². The van der Waals surface area contributed by atoms with E-state index < -0.39 is 0 Å². The lowest BCUT2D eigenvalue weighted by Crippen LogP contribution is -2.60. The molecule has 2 atom stereocenters. The minimum Gasteiger partial charge on any atom is -0.309 e. The van der Waals surface area contributed by atoms with Crippen molar-refractivity contribution in [2.45, 2.75) is 44.8 Å². The van der Waals surface area contributed by atoms with Crippen molar-refractivity contribution < 1.29 is 0 Å². The van der Waals surface area contributed by atoms with Gasteiger partial charge in [-0.25, -0.2) is 0 Å². The van der Waals surface area contributed by atoms with Crippen molar-refractivity contribution in [1.29, 1.82) is 0 Å². The Bertz CT molecular complexity index is 411. The van der Waals surface area contributed by atoms with Crippen LogP contribution in [0.5, 0.6) is 0 Å². The van der Waals surface area contributed by atoms with Crippen LogP contribution in [0.25, 0.3) is 0 Å². The third kappa shape index (κ3) is 3.46. The number of benzene rings is 1. The summed E-state index contributed by atoms with van der Waals surface area (Å²) in [5.74, 6) is 0. The van der Waals surface area contributed by atoms with E-state index in [9.17, 15) is 0 Å². The number of hydrogen-bond acceptors (Lipinski definition) is 2. The molecule has 1 aliphatic heterocycles. The highest BCUT2D eigenvalue weighted by atomic mass is 15.3. The third-order valence-electron chi connectivity index (χ3n) is 4.01. The summed E-state index contributed by atoms with van der Waals surface area (Å²) in [5.41, 5.74) is 1.59. The Morgan fingerprint density at radius 3 is 2.74 bits per heavy atom. The van der Waals surface area contributed by atoms with Crippen LogP contribution in [-0.2, 0) is 0 Å². The normalized spacial score (nSPS) is 24.9. The number of hydrogen-bond donors (Lipinski definition) is 1. The second-order valence-corrected chi connectivity index (χ2v) is 6.24. The van der Waals surface area contributed by atoms with Gasteiger partial charge in [-0.2, -0.15) is 0 Å². The maximum Gasteiger partial charge on any atom is 0.0476 e. The molecule has 19 heavy (non-hydrogen) atoms. The van der Waals surface area contributed by atoms with Crippen LogP contribution in [-0.4, -0.2) is 29.6 Å². The van der Waals surface area contributed by atoms with Crippen LogP contribution in [0.1, 0.15) is 38.8 Å². The van der Waals surface area contributed by atoms with Gasteiger partial charge in [-0.3, -0.25) is 4.90 Å². The Kier molecular flexibility index (Phi) is 4.43. The molecule has 0 saturated carbocycles. The summed E-state index contributed by atoms with van der Waals surface area (Å²) in [5, 5.41) is 3.67. The van der Waals surface area contributed by atoms with Crippen molar-refractivity contribution in [1.82, 2.24) is 10.2 Å². The zero-order valence-corrected chi connectivity index (χ0v) is 12.4. The van der Waals surface area contributed by atoms with Crippen molar-refractivity contribution in [2.24, 2.45) is 0 Å². The first-order valence-electron chi connectivity index (χ1n) is 7.20. The Hall–Kier alpha value is -1.12. The lowest BCUT2D eigenvalue weighted by molar-refractivity contribution is 0.0609. The quantitative estimate of drug-likeness (QED) is 0.833. The predicted molar refractivity (Wildman–Crippen MR) is 82.2 cm³/mol. The van der Waals surface area contributed by atoms with E-state index in [0.29, 0.717) is 12.1 Å². The third-order valence-corrected chi connectivity index (χ3v) is 4.01. The maximum absolute atomic E-state index is 3.89. The van der Waals surface area contributed by atoms with Crippen molar-refractivity contribution in [3.63, 3.8) is 0 Å². The Balaban J connectivity index is 2.22. The summed E-state index contributed by atoms with van der Waals surface area (Å²) >= 11 is 0. The fourth-order valence-electron chi connectivity index (χ4n) is 2.94. The molecule has 0 aromatic heterocycles. The molecule has 1 saturated heterocycles. The molecule has 0 aliphatic carbocycles. The van der Waals surface area contributed by atoms with Crippen LogP contribution in [0.2, 0.25) is 0 Å². The summed E-state index contributed by atoms with van der Waals surface area (Å²) in [6.45, 7) is 12.8. The van der Waals surface area contributed by atoms with Crippen molar-refractivity contribution in [2.75, 3.05) is 13.1 Å². The average Bonchev–Trinajstić information content (AvgIpc) is 2.39. The fraction of sp³-hybridized carbons (Fsp3) is 0.529. The molecule has 1 aliphatic rings. The summed E-state index contributed by atoms with van der Waals surface area (Å²) in [6.07, 6.45) is 3.07. The Morgan fingerprint density at radius 2 is 2.11 bits per heavy atom. The van der Waals surface area contributed by atoms with Gasteiger partial charge in [0, 0.05) is 30.7 Å². The highest BCUT2D eigenvalue weighted by Crippen LogP contribution is 2.29. The molecule has 0 amide bonds. The average molecular weight is 258 g/mol. The van der Waals surface area contributed by atoms with Crippen LogP contribution >= 0.6 is 0 Å². The molecule has 1 heterocycles. The summed E-state index contributed by atoms with van der Waals surface area (Å²) < 4.78 is 0. The van der Waals surface area contributed by atoms with Crippen LogP contribution in [0.15, 0.2) is 43.0 Å². The maximum atomic E-state index is 3.89. The monoisotopic (exact) mass is 258 g/mol. The van der Waals surface area contributed by atoms with Crippen molar-refractivity contribution in [3.05, 3.63) is 48.6 Å². The molecular formula is C17H26N2. The zero-order chi connectivity index (χ0) is 13.9. The van der Waals surface area contributed by atoms with E-state index in [1.165, 1.54) is 5.56 Å². The number of rotatable bonds is 4. The van der Waals surface area contributed by atoms with E-state index in [0.717, 1.165) is 19.5 Å². The van der Waals surface area contributed by atoms with E-state index in [1.54, 1.807) is 0 Å². The fourth-order valence-corrected chi connectivity index (χ4v) is 2.94. The van der Waals surface area contributed by atoms with E-state index in [-0.39, 0.29) is 5.54 Å². The SMILES string of the molecule is C=CCC(C)N1CC(C)(C)NCC1c1ccccc1. The van der Waals surface area contributed by atoms with E-state index >= 15 is 0 Å². The van der Waals surface area contributed by atoms with Crippen molar-refractivity contribution >= 4 is 0 Å². The number of nitrogens with zero attached hydrogens (tertiary/aromatic N) is 1. The second kappa shape index (κ2) is 5.89. The number of piperazine rings is 1. The van der Waals surface area contributed by atoms with Crippen LogP contribution in [0.4, 0.5) is 0 Å². The molecule has 0 radical (unpaired) electrons. The van der Waals surface area contributed by atoms with Crippen LogP contribution in [0.3, 0.4) is 0 Å². The first-order valence-corrected chi connectivity index (χ1v) is 7.20. The molecule has 0 spiro atoms. The molecule has 1 N–H and O–H groups in total. The van der Waals surface area contributed by atoms with Gasteiger partial charge in [-0.15, -0.1) is 6.58 Å². The van der Waals surface area contributed by atoms with Crippen molar-refractivity contribution in [3.8, 4) is 0 Å². The Labute approximate surface area is 117 Å². The molecular weight excluding hydrogens is 232 g/mol. The minimum atomic E-state index is 0.181. The highest BCUT2D eigenvalue weighted by Gasteiger charge is 2.35. The summed E-state index contributed by atoms with van der Waals surface area (Å²) in [7, 11) is 0. The number of nitrogens with one attached hydrogen (secondary N) is 1. The van der Waals surface area contributed by atoms with Gasteiger partial charge in [-0.05, 0) is 32.8 Å². The molecule has 1 aromatic carbocycles. The molecule has 104 valence electrons. The van der Waals surface area contributed by atoms with Gasteiger partial charge in [0.15, 0.2) is 0 Å². The van der Waals surface area contributed by atoms with E-state index in [4.69, 9.17) is 0 Å². The lowest BCUT2D eigenvalue weighted by atomic mass is 9.93. The topological polar surface area (TPSA) is 15.3 Å². The van der Waals surface area contributed by atoms with Gasteiger partial charge in [0.2, 0.25) is 0 Å². The van der Waals surface area contributed by atoms with Gasteiger partial charge in [-0.1, -0.05) is 36.4 Å². The molecule has 2 unspecified atom stereocenters. The predicted octanol–water partition coefficient (Wildman–Crippen LogP) is 3.38. The Morgan fingerprint density at radius 1 is 1.42 bits per heavy atom. The van der Waals surface area contributed by atoms with Gasteiger partial charge in [0.1, 0.15) is 0 Å². The smallest absolute Gasteiger partial charge is 0.0476 e. The first kappa shape index (κ1) is 14.3. The van der Waals surface area contributed by atoms with Gasteiger partial charge in [0.25, 0.3) is 0 Å². The van der Waals surface area contributed by atoms with Gasteiger partial charge in [0.05, 0.1) is 0 Å². The minimum absolute atomic E-state index is 0.181. The highest BCUT2D eigenvalue weighted by molar-refractivity contribution is 5.21. The molecule has 1 fully saturated rings. The standard InChI is InChI=1S/C17H26N2/c1-5-9-14(2)19-13-17(3,4)18-12-16(19)15-10-7-6-8-11-15/h5-8,10-11,14,16,18H,1,9,12-13H2,2-4H3.